The number of amides is 2. The van der Waals surface area contributed by atoms with Gasteiger partial charge in [0.25, 0.3) is 0 Å². The molecule has 1 heterocycles. The average Bonchev–Trinajstić information content (AvgIpc) is 3.05. The van der Waals surface area contributed by atoms with E-state index in [0.29, 0.717) is 6.54 Å². The van der Waals surface area contributed by atoms with E-state index < -0.39 is 0 Å². The quantitative estimate of drug-likeness (QED) is 0.590. The van der Waals surface area contributed by atoms with Crippen molar-refractivity contribution < 1.29 is 9.59 Å². The van der Waals surface area contributed by atoms with Gasteiger partial charge in [-0.1, -0.05) is 30.3 Å². The first-order valence-corrected chi connectivity index (χ1v) is 10.00. The molecule has 1 atom stereocenters. The first kappa shape index (κ1) is 19.2. The van der Waals surface area contributed by atoms with Gasteiger partial charge >= 0.3 is 0 Å². The Morgan fingerprint density at radius 1 is 1.26 bits per heavy atom. The van der Waals surface area contributed by atoms with Gasteiger partial charge in [0, 0.05) is 29.3 Å². The third-order valence-electron chi connectivity index (χ3n) is 4.86. The van der Waals surface area contributed by atoms with Crippen LogP contribution in [0.3, 0.4) is 0 Å². The van der Waals surface area contributed by atoms with Gasteiger partial charge in [-0.15, -0.1) is 18.3 Å². The van der Waals surface area contributed by atoms with Crippen LogP contribution >= 0.6 is 11.8 Å². The molecule has 0 saturated carbocycles. The van der Waals surface area contributed by atoms with Crippen LogP contribution in [0.4, 0.5) is 11.4 Å². The zero-order valence-corrected chi connectivity index (χ0v) is 16.5. The van der Waals surface area contributed by atoms with Crippen LogP contribution in [0.1, 0.15) is 17.5 Å². The van der Waals surface area contributed by atoms with Crippen LogP contribution in [0.5, 0.6) is 0 Å². The minimum absolute atomic E-state index is 0.00170. The highest BCUT2D eigenvalue weighted by Crippen LogP contribution is 2.31. The summed E-state index contributed by atoms with van der Waals surface area (Å²) in [6.45, 7) is 8.19. The molecule has 5 heteroatoms. The summed E-state index contributed by atoms with van der Waals surface area (Å²) in [7, 11) is 0. The van der Waals surface area contributed by atoms with Gasteiger partial charge in [0.15, 0.2) is 0 Å². The minimum atomic E-state index is -0.352. The number of aryl methyl sites for hydroxylation is 1. The summed E-state index contributed by atoms with van der Waals surface area (Å²) in [5, 5.41) is 3.01. The molecule has 3 rings (SSSR count). The predicted molar refractivity (Wildman–Crippen MR) is 112 cm³/mol. The lowest BCUT2D eigenvalue weighted by molar-refractivity contribution is -0.122. The van der Waals surface area contributed by atoms with Crippen LogP contribution in [0.25, 0.3) is 0 Å². The van der Waals surface area contributed by atoms with Crippen LogP contribution in [-0.4, -0.2) is 24.1 Å². The van der Waals surface area contributed by atoms with Gasteiger partial charge in [-0.05, 0) is 43.2 Å². The van der Waals surface area contributed by atoms with Crippen LogP contribution in [-0.2, 0) is 9.59 Å². The van der Waals surface area contributed by atoms with Gasteiger partial charge in [0.1, 0.15) is 0 Å². The van der Waals surface area contributed by atoms with E-state index in [-0.39, 0.29) is 24.2 Å². The molecule has 0 aromatic heterocycles. The van der Waals surface area contributed by atoms with Crippen molar-refractivity contribution in [3.05, 3.63) is 66.2 Å². The largest absolute Gasteiger partial charge is 0.325 e. The third kappa shape index (κ3) is 4.25. The molecule has 1 aliphatic heterocycles. The van der Waals surface area contributed by atoms with Crippen molar-refractivity contribution in [2.75, 3.05) is 22.5 Å². The molecular formula is C22H24N2O2S. The zero-order valence-electron chi connectivity index (χ0n) is 15.7. The van der Waals surface area contributed by atoms with E-state index in [0.717, 1.165) is 33.2 Å². The molecule has 2 amide bonds. The highest BCUT2D eigenvalue weighted by Gasteiger charge is 2.36. The fourth-order valence-corrected chi connectivity index (χ4v) is 3.97. The number of nitrogens with zero attached hydrogens (tertiary/aromatic N) is 1. The van der Waals surface area contributed by atoms with Gasteiger partial charge in [-0.25, -0.2) is 0 Å². The lowest BCUT2D eigenvalue weighted by Gasteiger charge is -2.20. The van der Waals surface area contributed by atoms with E-state index in [9.17, 15) is 9.59 Å². The van der Waals surface area contributed by atoms with Gasteiger partial charge in [0.2, 0.25) is 11.8 Å². The number of rotatable bonds is 6. The number of nitrogens with one attached hydrogen (secondary N) is 1. The maximum Gasteiger partial charge on any atom is 0.229 e. The first-order valence-electron chi connectivity index (χ1n) is 9.01. The molecule has 0 spiro atoms. The Bertz CT molecular complexity index is 878. The number of hydrogen-bond donors (Lipinski definition) is 1. The SMILES string of the molecule is C=CCSc1ccccc1NC(=O)C1CC(=O)N(c2cccc(C)c2C)C1. The van der Waals surface area contributed by atoms with E-state index in [1.807, 2.05) is 62.4 Å². The molecule has 1 saturated heterocycles. The number of hydrogen-bond acceptors (Lipinski definition) is 3. The molecule has 0 bridgehead atoms. The lowest BCUT2D eigenvalue weighted by Crippen LogP contribution is -2.28. The molecular weight excluding hydrogens is 356 g/mol. The number of anilines is 2. The predicted octanol–water partition coefficient (Wildman–Crippen LogP) is 4.57. The van der Waals surface area contributed by atoms with E-state index in [4.69, 9.17) is 0 Å². The number of benzene rings is 2. The molecule has 1 N–H and O–H groups in total. The molecule has 140 valence electrons. The molecule has 27 heavy (non-hydrogen) atoms. The molecule has 1 fully saturated rings. The highest BCUT2D eigenvalue weighted by molar-refractivity contribution is 7.99. The molecule has 2 aromatic rings. The van der Waals surface area contributed by atoms with E-state index in [1.54, 1.807) is 16.7 Å². The smallest absolute Gasteiger partial charge is 0.229 e. The summed E-state index contributed by atoms with van der Waals surface area (Å²) in [5.74, 6) is 0.311. The maximum absolute atomic E-state index is 12.8. The summed E-state index contributed by atoms with van der Waals surface area (Å²) >= 11 is 1.62. The Kier molecular flexibility index (Phi) is 6.01. The Labute approximate surface area is 164 Å². The third-order valence-corrected chi connectivity index (χ3v) is 5.93. The van der Waals surface area contributed by atoms with Gasteiger partial charge < -0.3 is 10.2 Å². The Hall–Kier alpha value is -2.53. The fraction of sp³-hybridized carbons (Fsp3) is 0.273. The second kappa shape index (κ2) is 8.44. The molecule has 1 unspecified atom stereocenters. The second-order valence-corrected chi connectivity index (χ2v) is 7.77. The molecule has 4 nitrogen and oxygen atoms in total. The number of thioether (sulfide) groups is 1. The Morgan fingerprint density at radius 2 is 2.04 bits per heavy atom. The topological polar surface area (TPSA) is 49.4 Å². The van der Waals surface area contributed by atoms with Crippen molar-refractivity contribution in [1.82, 2.24) is 0 Å². The monoisotopic (exact) mass is 380 g/mol. The van der Waals surface area contributed by atoms with Crippen molar-refractivity contribution >= 4 is 35.0 Å². The lowest BCUT2D eigenvalue weighted by atomic mass is 10.1. The van der Waals surface area contributed by atoms with Crippen molar-refractivity contribution in [3.8, 4) is 0 Å². The van der Waals surface area contributed by atoms with E-state index in [1.165, 1.54) is 0 Å². The summed E-state index contributed by atoms with van der Waals surface area (Å²) in [5.41, 5.74) is 3.91. The molecule has 0 aliphatic carbocycles. The summed E-state index contributed by atoms with van der Waals surface area (Å²) in [6.07, 6.45) is 2.07. The number of carbonyl (C=O) groups excluding carboxylic acids is 2. The van der Waals surface area contributed by atoms with Crippen molar-refractivity contribution in [3.63, 3.8) is 0 Å². The molecule has 1 aliphatic rings. The summed E-state index contributed by atoms with van der Waals surface area (Å²) in [4.78, 5) is 28.1. The van der Waals surface area contributed by atoms with E-state index in [2.05, 4.69) is 11.9 Å². The number of carbonyl (C=O) groups is 2. The first-order chi connectivity index (χ1) is 13.0. The zero-order chi connectivity index (χ0) is 19.4. The van der Waals surface area contributed by atoms with Crippen LogP contribution in [0.15, 0.2) is 60.0 Å². The minimum Gasteiger partial charge on any atom is -0.325 e. The fourth-order valence-electron chi connectivity index (χ4n) is 3.22. The standard InChI is InChI=1S/C22H24N2O2S/c1-4-12-27-20-11-6-5-9-18(20)23-22(26)17-13-21(25)24(14-17)19-10-7-8-15(2)16(19)3/h4-11,17H,1,12-14H2,2-3H3,(H,23,26). The molecule has 2 aromatic carbocycles. The Morgan fingerprint density at radius 3 is 2.81 bits per heavy atom. The Balaban J connectivity index is 1.73. The number of para-hydroxylation sites is 1. The second-order valence-electron chi connectivity index (χ2n) is 6.71. The molecule has 0 radical (unpaired) electrons. The average molecular weight is 381 g/mol. The summed E-state index contributed by atoms with van der Waals surface area (Å²) in [6, 6.07) is 13.6. The van der Waals surface area contributed by atoms with Gasteiger partial charge in [-0.2, -0.15) is 0 Å². The normalized spacial score (nSPS) is 16.4. The highest BCUT2D eigenvalue weighted by atomic mass is 32.2. The van der Waals surface area contributed by atoms with Crippen LogP contribution < -0.4 is 10.2 Å². The van der Waals surface area contributed by atoms with Crippen molar-refractivity contribution in [2.45, 2.75) is 25.2 Å². The van der Waals surface area contributed by atoms with Gasteiger partial charge in [0.05, 0.1) is 11.6 Å². The van der Waals surface area contributed by atoms with Crippen LogP contribution in [0.2, 0.25) is 0 Å². The van der Waals surface area contributed by atoms with E-state index >= 15 is 0 Å². The van der Waals surface area contributed by atoms with Crippen molar-refractivity contribution in [2.24, 2.45) is 5.92 Å². The maximum atomic E-state index is 12.8. The van der Waals surface area contributed by atoms with Gasteiger partial charge in [-0.3, -0.25) is 9.59 Å². The van der Waals surface area contributed by atoms with Crippen molar-refractivity contribution in [1.29, 1.82) is 0 Å². The van der Waals surface area contributed by atoms with Crippen LogP contribution in [0, 0.1) is 19.8 Å². The summed E-state index contributed by atoms with van der Waals surface area (Å²) < 4.78 is 0.